The van der Waals surface area contributed by atoms with E-state index in [1.807, 2.05) is 6.92 Å². The molecule has 0 aliphatic rings. The van der Waals surface area contributed by atoms with E-state index in [-0.39, 0.29) is 25.8 Å². The van der Waals surface area contributed by atoms with Gasteiger partial charge in [-0.05, 0) is 6.92 Å². The number of hydrogen-bond acceptors (Lipinski definition) is 8. The third-order valence-corrected chi connectivity index (χ3v) is 5.27. The van der Waals surface area contributed by atoms with Gasteiger partial charge in [0.15, 0.2) is 6.29 Å². The summed E-state index contributed by atoms with van der Waals surface area (Å²) in [5.41, 5.74) is 0. The summed E-state index contributed by atoms with van der Waals surface area (Å²) in [4.78, 5) is 0. The molecule has 0 heterocycles. The Balaban J connectivity index is -0.000000352. The van der Waals surface area contributed by atoms with E-state index in [1.54, 1.807) is 14.2 Å². The molecule has 0 saturated heterocycles. The maximum Gasteiger partial charge on any atom is 0 e. The van der Waals surface area contributed by atoms with E-state index in [2.05, 4.69) is 9.47 Å². The second-order valence-corrected chi connectivity index (χ2v) is 8.04. The monoisotopic (exact) mass is 369 g/mol. The van der Waals surface area contributed by atoms with Crippen molar-refractivity contribution in [1.29, 1.82) is 31.6 Å². The molecule has 0 unspecified atom stereocenters. The minimum absolute atomic E-state index is 0. The van der Waals surface area contributed by atoms with E-state index in [9.17, 15) is 0 Å². The van der Waals surface area contributed by atoms with Gasteiger partial charge in [0.25, 0.3) is 0 Å². The zero-order chi connectivity index (χ0) is 15.6. The van der Waals surface area contributed by atoms with E-state index >= 15 is 0 Å². The Hall–Kier alpha value is -2.01. The van der Waals surface area contributed by atoms with Gasteiger partial charge in [-0.2, -0.15) is 0 Å². The van der Waals surface area contributed by atoms with Crippen LogP contribution in [0.3, 0.4) is 0 Å². The first-order valence-corrected chi connectivity index (χ1v) is 7.33. The Morgan fingerprint density at radius 1 is 0.700 bits per heavy atom. The minimum atomic E-state index is -6.03. The first kappa shape index (κ1) is 23.1. The SMILES string of the molecule is COC(C)OC.N#[C][Co]([C]#N)([C]#N)([C]#N)([C]#N)[C]#N.[Zn]. The average Bonchev–Trinajstić information content (AvgIpc) is 2.52. The van der Waals surface area contributed by atoms with Crippen molar-refractivity contribution in [3.05, 3.63) is 0 Å². The van der Waals surface area contributed by atoms with Crippen molar-refractivity contribution in [1.82, 2.24) is 0 Å². The zero-order valence-electron chi connectivity index (χ0n) is 11.1. The van der Waals surface area contributed by atoms with Crippen LogP contribution in [0.25, 0.3) is 0 Å². The maximum absolute atomic E-state index is 8.58. The number of hydrogen-bond donors (Lipinski definition) is 0. The molecule has 0 aromatic carbocycles. The standard InChI is InChI=1S/C4H10O2.6CN.Co.Zn/c1-4(5-2)6-3;6*1-2;;/h4H,1-3H3;;;;;;;;. The largest absolute Gasteiger partial charge is 0 e. The third kappa shape index (κ3) is 3.51. The molecule has 0 aliphatic carbocycles. The average molecular weight is 371 g/mol. The summed E-state index contributed by atoms with van der Waals surface area (Å²) in [7, 11) is -2.82. The molecule has 0 aliphatic heterocycles. The molecular weight excluding hydrogens is 360 g/mol. The minimum Gasteiger partial charge on any atom is 0 e. The Morgan fingerprint density at radius 2 is 0.900 bits per heavy atom. The summed E-state index contributed by atoms with van der Waals surface area (Å²) >= 11 is 0. The van der Waals surface area contributed by atoms with E-state index < -0.39 is 10.5 Å². The molecule has 0 atom stereocenters. The second-order valence-electron chi connectivity index (χ2n) is 2.74. The van der Waals surface area contributed by atoms with Gasteiger partial charge in [0.05, 0.1) is 0 Å². The molecule has 0 N–H and O–H groups in total. The number of nitrogens with zero attached hydrogens (tertiary/aromatic N) is 6. The molecule has 0 amide bonds. The molecule has 0 bridgehead atoms. The second kappa shape index (κ2) is 7.55. The van der Waals surface area contributed by atoms with Crippen molar-refractivity contribution in [2.24, 2.45) is 0 Å². The van der Waals surface area contributed by atoms with Gasteiger partial charge in [-0.3, -0.25) is 0 Å². The summed E-state index contributed by atoms with van der Waals surface area (Å²) in [6.45, 7) is 1.83. The van der Waals surface area contributed by atoms with Crippen LogP contribution < -0.4 is 0 Å². The smallest absolute Gasteiger partial charge is 0 e. The Labute approximate surface area is 128 Å². The number of rotatable bonds is 2. The molecule has 0 spiro atoms. The van der Waals surface area contributed by atoms with Gasteiger partial charge in [-0.1, -0.05) is 0 Å². The Morgan fingerprint density at radius 3 is 0.900 bits per heavy atom. The van der Waals surface area contributed by atoms with Crippen LogP contribution >= 0.6 is 0 Å². The van der Waals surface area contributed by atoms with Crippen molar-refractivity contribution < 1.29 is 39.5 Å². The molecule has 0 rings (SSSR count). The van der Waals surface area contributed by atoms with Crippen molar-refractivity contribution in [3.63, 3.8) is 0 Å². The van der Waals surface area contributed by atoms with Crippen LogP contribution in [-0.4, -0.2) is 20.5 Å². The van der Waals surface area contributed by atoms with Crippen LogP contribution in [0.2, 0.25) is 0 Å². The Bertz CT molecular complexity index is 473. The zero-order valence-corrected chi connectivity index (χ0v) is 15.1. The molecule has 0 aromatic rings. The Kier molecular flexibility index (Phi) is 8.72. The fraction of sp³-hybridized carbons (Fsp3) is 0.400. The maximum atomic E-state index is 8.58. The summed E-state index contributed by atoms with van der Waals surface area (Å²) in [6, 6.07) is 0. The molecule has 0 radical (unpaired) electrons. The fourth-order valence-corrected chi connectivity index (χ4v) is 1.13. The third-order valence-electron chi connectivity index (χ3n) is 1.78. The van der Waals surface area contributed by atoms with Gasteiger partial charge in [-0.25, -0.2) is 0 Å². The van der Waals surface area contributed by atoms with Gasteiger partial charge in [0, 0.05) is 33.7 Å². The summed E-state index contributed by atoms with van der Waals surface area (Å²) in [5.74, 6) is 0. The van der Waals surface area contributed by atoms with Crippen LogP contribution in [-0.2, 0) is 39.5 Å². The van der Waals surface area contributed by atoms with E-state index in [0.717, 1.165) is 30.0 Å². The van der Waals surface area contributed by atoms with Crippen molar-refractivity contribution >= 4 is 0 Å². The van der Waals surface area contributed by atoms with Gasteiger partial charge in [0.2, 0.25) is 0 Å². The predicted octanol–water partition coefficient (Wildman–Crippen LogP) is 0.721. The van der Waals surface area contributed by atoms with Crippen LogP contribution in [0.4, 0.5) is 0 Å². The topological polar surface area (TPSA) is 161 Å². The normalized spacial score (nSPS) is 11.7. The van der Waals surface area contributed by atoms with Crippen molar-refractivity contribution in [3.8, 4) is 30.0 Å². The van der Waals surface area contributed by atoms with Crippen LogP contribution in [0, 0.1) is 61.6 Å². The first-order chi connectivity index (χ1) is 8.78. The number of nitriles is 6. The number of ether oxygens (including phenoxy) is 2. The molecule has 20 heavy (non-hydrogen) atoms. The van der Waals surface area contributed by atoms with Gasteiger partial charge in [0.1, 0.15) is 0 Å². The van der Waals surface area contributed by atoms with Crippen LogP contribution in [0.5, 0.6) is 0 Å². The summed E-state index contributed by atoms with van der Waals surface area (Å²) in [5, 5.41) is 57.6. The predicted molar refractivity (Wildman–Crippen MR) is 57.2 cm³/mol. The van der Waals surface area contributed by atoms with Gasteiger partial charge < -0.3 is 9.47 Å². The van der Waals surface area contributed by atoms with Gasteiger partial charge in [-0.15, -0.1) is 0 Å². The van der Waals surface area contributed by atoms with Crippen LogP contribution in [0.15, 0.2) is 0 Å². The molecule has 0 aromatic heterocycles. The van der Waals surface area contributed by atoms with E-state index in [4.69, 9.17) is 31.6 Å². The summed E-state index contributed by atoms with van der Waals surface area (Å²) < 4.78 is 9.35. The molecule has 0 fully saturated rings. The summed E-state index contributed by atoms with van der Waals surface area (Å²) in [6.07, 6.45) is -0.0648. The number of methoxy groups -OCH3 is 2. The molecule has 0 saturated carbocycles. The quantitative estimate of drug-likeness (QED) is 0.507. The fourth-order valence-electron chi connectivity index (χ4n) is 0.346. The molecular formula is C10H10CoN6O2Zn. The van der Waals surface area contributed by atoms with E-state index in [0.29, 0.717) is 0 Å². The van der Waals surface area contributed by atoms with E-state index in [1.165, 1.54) is 0 Å². The van der Waals surface area contributed by atoms with Crippen molar-refractivity contribution in [2.75, 3.05) is 14.2 Å². The van der Waals surface area contributed by atoms with Crippen LogP contribution in [0.1, 0.15) is 6.92 Å². The van der Waals surface area contributed by atoms with Gasteiger partial charge >= 0.3 is 72.1 Å². The molecule has 10 heteroatoms. The van der Waals surface area contributed by atoms with Crippen molar-refractivity contribution in [2.45, 2.75) is 13.2 Å². The molecule has 8 nitrogen and oxygen atoms in total. The first-order valence-electron chi connectivity index (χ1n) is 4.21. The molecule has 103 valence electrons.